The average Bonchev–Trinajstić information content (AvgIpc) is 3.39. The van der Waals surface area contributed by atoms with E-state index in [0.29, 0.717) is 18.0 Å². The number of halogens is 1. The van der Waals surface area contributed by atoms with Gasteiger partial charge in [-0.2, -0.15) is 0 Å². The second-order valence-corrected chi connectivity index (χ2v) is 8.23. The van der Waals surface area contributed by atoms with Crippen LogP contribution in [-0.4, -0.2) is 39.8 Å². The van der Waals surface area contributed by atoms with E-state index in [4.69, 9.17) is 9.72 Å². The molecule has 33 heavy (non-hydrogen) atoms. The second-order valence-electron chi connectivity index (χ2n) is 8.23. The van der Waals surface area contributed by atoms with Crippen molar-refractivity contribution < 1.29 is 19.0 Å². The Hall–Kier alpha value is -3.71. The molecule has 1 aliphatic rings. The van der Waals surface area contributed by atoms with E-state index in [9.17, 15) is 14.3 Å². The lowest BCUT2D eigenvalue weighted by molar-refractivity contribution is -0.117. The smallest absolute Gasteiger partial charge is 0.227 e. The molecule has 0 spiro atoms. The monoisotopic (exact) mass is 445 g/mol. The largest absolute Gasteiger partial charge is 0.491 e. The molecule has 5 rings (SSSR count). The lowest BCUT2D eigenvalue weighted by atomic mass is 10.1. The van der Waals surface area contributed by atoms with Crippen LogP contribution in [-0.2, 0) is 11.3 Å². The van der Waals surface area contributed by atoms with E-state index in [2.05, 4.69) is 0 Å². The lowest BCUT2D eigenvalue weighted by Crippen LogP contribution is -2.26. The van der Waals surface area contributed by atoms with Crippen LogP contribution in [0.3, 0.4) is 0 Å². The summed E-state index contributed by atoms with van der Waals surface area (Å²) >= 11 is 0. The van der Waals surface area contributed by atoms with Crippen LogP contribution >= 0.6 is 0 Å². The Morgan fingerprint density at radius 3 is 2.67 bits per heavy atom. The van der Waals surface area contributed by atoms with Gasteiger partial charge in [0.2, 0.25) is 5.91 Å². The quantitative estimate of drug-likeness (QED) is 0.464. The van der Waals surface area contributed by atoms with Crippen molar-refractivity contribution in [1.82, 2.24) is 9.55 Å². The summed E-state index contributed by atoms with van der Waals surface area (Å²) in [5.74, 6) is 0.812. The molecule has 0 radical (unpaired) electrons. The number of imidazole rings is 1. The first-order valence-corrected chi connectivity index (χ1v) is 11.0. The summed E-state index contributed by atoms with van der Waals surface area (Å²) in [5, 5.41) is 10.7. The van der Waals surface area contributed by atoms with Gasteiger partial charge < -0.3 is 19.3 Å². The van der Waals surface area contributed by atoms with Gasteiger partial charge in [0.1, 0.15) is 30.1 Å². The van der Waals surface area contributed by atoms with Gasteiger partial charge in [-0.15, -0.1) is 0 Å². The van der Waals surface area contributed by atoms with Crippen molar-refractivity contribution in [3.05, 3.63) is 90.5 Å². The van der Waals surface area contributed by atoms with E-state index in [1.54, 1.807) is 17.0 Å². The summed E-state index contributed by atoms with van der Waals surface area (Å²) in [5.41, 5.74) is 2.24. The minimum absolute atomic E-state index is 0.0721. The molecule has 0 unspecified atom stereocenters. The minimum Gasteiger partial charge on any atom is -0.491 e. The summed E-state index contributed by atoms with van der Waals surface area (Å²) < 4.78 is 21.4. The van der Waals surface area contributed by atoms with Crippen molar-refractivity contribution in [1.29, 1.82) is 0 Å². The van der Waals surface area contributed by atoms with Crippen LogP contribution in [0.2, 0.25) is 0 Å². The maximum Gasteiger partial charge on any atom is 0.227 e. The van der Waals surface area contributed by atoms with Crippen LogP contribution in [0.25, 0.3) is 11.0 Å². The normalized spacial score (nSPS) is 17.0. The van der Waals surface area contributed by atoms with Crippen molar-refractivity contribution >= 4 is 22.6 Å². The predicted octanol–water partition coefficient (Wildman–Crippen LogP) is 4.14. The topological polar surface area (TPSA) is 67.6 Å². The van der Waals surface area contributed by atoms with Gasteiger partial charge in [0, 0.05) is 24.6 Å². The molecule has 0 saturated carbocycles. The van der Waals surface area contributed by atoms with Gasteiger partial charge in [0.05, 0.1) is 17.6 Å². The molecule has 1 saturated heterocycles. The van der Waals surface area contributed by atoms with Crippen LogP contribution in [0.1, 0.15) is 18.2 Å². The number of carbonyl (C=O) groups is 1. The molecule has 4 aromatic rings. The molecule has 1 amide bonds. The van der Waals surface area contributed by atoms with Gasteiger partial charge in [-0.1, -0.05) is 36.4 Å². The van der Waals surface area contributed by atoms with Crippen molar-refractivity contribution in [2.75, 3.05) is 18.1 Å². The lowest BCUT2D eigenvalue weighted by Gasteiger charge is -2.19. The summed E-state index contributed by atoms with van der Waals surface area (Å²) in [4.78, 5) is 19.2. The Bertz CT molecular complexity index is 1270. The third-order valence-electron chi connectivity index (χ3n) is 5.87. The fourth-order valence-corrected chi connectivity index (χ4v) is 4.34. The Labute approximate surface area is 190 Å². The number of fused-ring (bicyclic) bond motifs is 1. The second kappa shape index (κ2) is 9.03. The van der Waals surface area contributed by atoms with Crippen LogP contribution in [0.4, 0.5) is 10.1 Å². The highest BCUT2D eigenvalue weighted by atomic mass is 19.1. The third kappa shape index (κ3) is 4.45. The predicted molar refractivity (Wildman–Crippen MR) is 124 cm³/mol. The molecule has 168 valence electrons. The standard InChI is InChI=1S/C26H24FN3O3/c27-19-7-6-8-20(14-19)29-15-18(13-25(29)32)26-28-23-11-4-5-12-24(23)30(26)16-21(31)17-33-22-9-2-1-3-10-22/h1-12,14,18,21,31H,13,15-17H2/t18-,21+/m1/s1. The van der Waals surface area contributed by atoms with Gasteiger partial charge in [-0.3, -0.25) is 4.79 Å². The van der Waals surface area contributed by atoms with Gasteiger partial charge in [0.15, 0.2) is 0 Å². The van der Waals surface area contributed by atoms with Crippen LogP contribution in [0, 0.1) is 5.82 Å². The number of rotatable bonds is 7. The van der Waals surface area contributed by atoms with Gasteiger partial charge in [0.25, 0.3) is 0 Å². The molecule has 1 fully saturated rings. The number of amides is 1. The number of para-hydroxylation sites is 3. The number of aliphatic hydroxyl groups excluding tert-OH is 1. The molecule has 1 aliphatic heterocycles. The highest BCUT2D eigenvalue weighted by Gasteiger charge is 2.35. The van der Waals surface area contributed by atoms with E-state index in [1.165, 1.54) is 12.1 Å². The first kappa shape index (κ1) is 21.2. The zero-order valence-electron chi connectivity index (χ0n) is 18.0. The highest BCUT2D eigenvalue weighted by molar-refractivity contribution is 5.96. The molecule has 6 nitrogen and oxygen atoms in total. The number of anilines is 1. The number of hydrogen-bond donors (Lipinski definition) is 1. The molecule has 1 N–H and O–H groups in total. The molecule has 7 heteroatoms. The average molecular weight is 445 g/mol. The van der Waals surface area contributed by atoms with Crippen molar-refractivity contribution in [3.63, 3.8) is 0 Å². The number of hydrogen-bond acceptors (Lipinski definition) is 4. The summed E-state index contributed by atoms with van der Waals surface area (Å²) in [6.07, 6.45) is -0.491. The molecule has 0 aliphatic carbocycles. The first-order chi connectivity index (χ1) is 16.1. The third-order valence-corrected chi connectivity index (χ3v) is 5.87. The number of carbonyl (C=O) groups excluding carboxylic acids is 1. The summed E-state index contributed by atoms with van der Waals surface area (Å²) in [6, 6.07) is 23.1. The molecule has 2 atom stereocenters. The molecular formula is C26H24FN3O3. The Kier molecular flexibility index (Phi) is 5.79. The molecule has 1 aromatic heterocycles. The van der Waals surface area contributed by atoms with Crippen molar-refractivity contribution in [2.24, 2.45) is 0 Å². The van der Waals surface area contributed by atoms with E-state index < -0.39 is 6.10 Å². The van der Waals surface area contributed by atoms with Gasteiger partial charge in [-0.05, 0) is 42.5 Å². The summed E-state index contributed by atoms with van der Waals surface area (Å²) in [6.45, 7) is 0.824. The number of aromatic nitrogens is 2. The molecular weight excluding hydrogens is 421 g/mol. The number of ether oxygens (including phenoxy) is 1. The number of nitrogens with zero attached hydrogens (tertiary/aromatic N) is 3. The number of benzene rings is 3. The minimum atomic E-state index is -0.766. The van der Waals surface area contributed by atoms with Crippen LogP contribution in [0.5, 0.6) is 5.75 Å². The van der Waals surface area contributed by atoms with Gasteiger partial charge >= 0.3 is 0 Å². The maximum atomic E-state index is 13.7. The van der Waals surface area contributed by atoms with E-state index >= 15 is 0 Å². The molecule has 0 bridgehead atoms. The van der Waals surface area contributed by atoms with E-state index in [1.807, 2.05) is 59.2 Å². The fourth-order valence-electron chi connectivity index (χ4n) is 4.34. The first-order valence-electron chi connectivity index (χ1n) is 11.0. The zero-order valence-corrected chi connectivity index (χ0v) is 18.0. The van der Waals surface area contributed by atoms with Gasteiger partial charge in [-0.25, -0.2) is 9.37 Å². The highest BCUT2D eigenvalue weighted by Crippen LogP contribution is 2.33. The molecule has 3 aromatic carbocycles. The molecule has 2 heterocycles. The maximum absolute atomic E-state index is 13.7. The Morgan fingerprint density at radius 2 is 1.85 bits per heavy atom. The van der Waals surface area contributed by atoms with Crippen molar-refractivity contribution in [2.45, 2.75) is 25.0 Å². The number of aliphatic hydroxyl groups is 1. The van der Waals surface area contributed by atoms with E-state index in [0.717, 1.165) is 16.9 Å². The summed E-state index contributed by atoms with van der Waals surface area (Å²) in [7, 11) is 0. The van der Waals surface area contributed by atoms with Crippen LogP contribution < -0.4 is 9.64 Å². The Balaban J connectivity index is 1.39. The Morgan fingerprint density at radius 1 is 1.06 bits per heavy atom. The fraction of sp³-hybridized carbons (Fsp3) is 0.231. The zero-order chi connectivity index (χ0) is 22.8. The SMILES string of the molecule is O=C1C[C@@H](c2nc3ccccc3n2C[C@H](O)COc2ccccc2)CN1c1cccc(F)c1. The van der Waals surface area contributed by atoms with Crippen molar-refractivity contribution in [3.8, 4) is 5.75 Å². The van der Waals surface area contributed by atoms with Crippen LogP contribution in [0.15, 0.2) is 78.9 Å². The van der Waals surface area contributed by atoms with E-state index in [-0.39, 0.29) is 37.2 Å².